The molecule has 1 rings (SSSR count). The molecule has 0 radical (unpaired) electrons. The van der Waals surface area contributed by atoms with Crippen molar-refractivity contribution in [3.8, 4) is 0 Å². The Balaban J connectivity index is 2.44. The number of esters is 2. The second-order valence-corrected chi connectivity index (χ2v) is 5.94. The molecule has 1 atom stereocenters. The van der Waals surface area contributed by atoms with Gasteiger partial charge in [-0.1, -0.05) is 32.0 Å². The van der Waals surface area contributed by atoms with Crippen LogP contribution in [0.4, 0.5) is 0 Å². The smallest absolute Gasteiger partial charge is 0.338 e. The summed E-state index contributed by atoms with van der Waals surface area (Å²) < 4.78 is 10.4. The van der Waals surface area contributed by atoms with Gasteiger partial charge in [0.15, 0.2) is 0 Å². The third-order valence-corrected chi connectivity index (χ3v) is 3.69. The molecule has 23 heavy (non-hydrogen) atoms. The third kappa shape index (κ3) is 7.63. The van der Waals surface area contributed by atoms with E-state index >= 15 is 0 Å². The minimum absolute atomic E-state index is 0.292. The number of allylic oxidation sites excluding steroid dienone is 2. The van der Waals surface area contributed by atoms with Crippen molar-refractivity contribution in [1.82, 2.24) is 0 Å². The lowest BCUT2D eigenvalue weighted by atomic mass is 9.89. The number of ether oxygens (including phenoxy) is 2. The zero-order valence-corrected chi connectivity index (χ0v) is 14.4. The summed E-state index contributed by atoms with van der Waals surface area (Å²) in [5.74, 6) is 0.830. The molecule has 0 saturated heterocycles. The monoisotopic (exact) mass is 318 g/mol. The van der Waals surface area contributed by atoms with Gasteiger partial charge in [-0.15, -0.1) is 0 Å². The van der Waals surface area contributed by atoms with E-state index in [9.17, 15) is 9.59 Å². The maximum atomic E-state index is 11.9. The molecule has 0 bridgehead atoms. The molecule has 0 aliphatic carbocycles. The summed E-state index contributed by atoms with van der Waals surface area (Å²) in [4.78, 5) is 22.8. The molecule has 0 aliphatic heterocycles. The minimum atomic E-state index is -0.309. The van der Waals surface area contributed by atoms with Gasteiger partial charge >= 0.3 is 11.9 Å². The fraction of sp³-hybridized carbons (Fsp3) is 0.474. The van der Waals surface area contributed by atoms with Crippen molar-refractivity contribution in [2.45, 2.75) is 40.5 Å². The molecule has 0 heterocycles. The van der Waals surface area contributed by atoms with Gasteiger partial charge in [-0.2, -0.15) is 0 Å². The second kappa shape index (κ2) is 9.82. The molecule has 0 aliphatic rings. The van der Waals surface area contributed by atoms with E-state index in [4.69, 9.17) is 9.47 Å². The lowest BCUT2D eigenvalue weighted by Gasteiger charge is -2.19. The van der Waals surface area contributed by atoms with E-state index in [0.29, 0.717) is 29.8 Å². The van der Waals surface area contributed by atoms with Crippen LogP contribution >= 0.6 is 0 Å². The zero-order valence-electron chi connectivity index (χ0n) is 14.4. The summed E-state index contributed by atoms with van der Waals surface area (Å²) in [6, 6.07) is 8.98. The van der Waals surface area contributed by atoms with Crippen LogP contribution in [-0.2, 0) is 14.3 Å². The van der Waals surface area contributed by atoms with Crippen LogP contribution in [-0.4, -0.2) is 18.5 Å². The Morgan fingerprint density at radius 2 is 1.78 bits per heavy atom. The fourth-order valence-electron chi connectivity index (χ4n) is 2.27. The molecule has 0 saturated carbocycles. The van der Waals surface area contributed by atoms with Gasteiger partial charge in [-0.3, -0.25) is 4.79 Å². The first kappa shape index (κ1) is 18.9. The van der Waals surface area contributed by atoms with E-state index < -0.39 is 0 Å². The van der Waals surface area contributed by atoms with Crippen LogP contribution in [0.3, 0.4) is 0 Å². The van der Waals surface area contributed by atoms with Gasteiger partial charge in [-0.05, 0) is 49.8 Å². The van der Waals surface area contributed by atoms with Gasteiger partial charge in [0, 0.05) is 6.92 Å². The molecule has 4 heteroatoms. The van der Waals surface area contributed by atoms with Crippen LogP contribution in [0.5, 0.6) is 0 Å². The Bertz CT molecular complexity index is 532. The number of carbonyl (C=O) groups is 2. The summed E-state index contributed by atoms with van der Waals surface area (Å²) >= 11 is 0. The Morgan fingerprint density at radius 3 is 2.35 bits per heavy atom. The molecule has 1 aromatic rings. The number of hydrogen-bond acceptors (Lipinski definition) is 4. The Labute approximate surface area is 138 Å². The predicted octanol–water partition coefficient (Wildman–Crippen LogP) is 4.36. The maximum Gasteiger partial charge on any atom is 0.338 e. The standard InChI is InChI=1S/C19H26O4/c1-14(2)17(11-10-15(3)23-16(4)20)12-13-22-19(21)18-8-6-5-7-9-18/h5-10,14,17H,11-13H2,1-4H3/b15-10+. The highest BCUT2D eigenvalue weighted by Gasteiger charge is 2.14. The summed E-state index contributed by atoms with van der Waals surface area (Å²) in [5.41, 5.74) is 0.569. The number of carbonyl (C=O) groups excluding carboxylic acids is 2. The maximum absolute atomic E-state index is 11.9. The summed E-state index contributed by atoms with van der Waals surface area (Å²) in [7, 11) is 0. The quantitative estimate of drug-likeness (QED) is 0.528. The van der Waals surface area contributed by atoms with Crippen molar-refractivity contribution in [2.75, 3.05) is 6.61 Å². The molecule has 4 nitrogen and oxygen atoms in total. The van der Waals surface area contributed by atoms with Crippen molar-refractivity contribution in [3.63, 3.8) is 0 Å². The van der Waals surface area contributed by atoms with Crippen molar-refractivity contribution in [3.05, 3.63) is 47.7 Å². The number of benzene rings is 1. The largest absolute Gasteiger partial charge is 0.462 e. The Hall–Kier alpha value is -2.10. The van der Waals surface area contributed by atoms with E-state index in [1.807, 2.05) is 24.3 Å². The van der Waals surface area contributed by atoms with Crippen molar-refractivity contribution >= 4 is 11.9 Å². The first-order valence-corrected chi connectivity index (χ1v) is 7.97. The van der Waals surface area contributed by atoms with Crippen LogP contribution in [0.2, 0.25) is 0 Å². The van der Waals surface area contributed by atoms with Crippen molar-refractivity contribution in [2.24, 2.45) is 11.8 Å². The molecule has 126 valence electrons. The molecule has 0 amide bonds. The molecule has 0 spiro atoms. The lowest BCUT2D eigenvalue weighted by molar-refractivity contribution is -0.136. The summed E-state index contributed by atoms with van der Waals surface area (Å²) in [6.07, 6.45) is 3.49. The van der Waals surface area contributed by atoms with Crippen molar-refractivity contribution in [1.29, 1.82) is 0 Å². The predicted molar refractivity (Wildman–Crippen MR) is 89.8 cm³/mol. The highest BCUT2D eigenvalue weighted by molar-refractivity contribution is 5.89. The topological polar surface area (TPSA) is 52.6 Å². The van der Waals surface area contributed by atoms with Crippen LogP contribution in [0, 0.1) is 11.8 Å². The minimum Gasteiger partial charge on any atom is -0.462 e. The lowest BCUT2D eigenvalue weighted by Crippen LogP contribution is -2.14. The van der Waals surface area contributed by atoms with Crippen LogP contribution < -0.4 is 0 Å². The van der Waals surface area contributed by atoms with Crippen molar-refractivity contribution < 1.29 is 19.1 Å². The van der Waals surface area contributed by atoms with E-state index in [-0.39, 0.29) is 11.9 Å². The summed E-state index contributed by atoms with van der Waals surface area (Å²) in [5, 5.41) is 0. The highest BCUT2D eigenvalue weighted by Crippen LogP contribution is 2.21. The average Bonchev–Trinajstić information content (AvgIpc) is 2.50. The fourth-order valence-corrected chi connectivity index (χ4v) is 2.27. The highest BCUT2D eigenvalue weighted by atomic mass is 16.5. The van der Waals surface area contributed by atoms with E-state index in [1.54, 1.807) is 19.1 Å². The van der Waals surface area contributed by atoms with Gasteiger partial charge in [0.25, 0.3) is 0 Å². The van der Waals surface area contributed by atoms with Crippen LogP contribution in [0.25, 0.3) is 0 Å². The number of hydrogen-bond donors (Lipinski definition) is 0. The molecule has 1 aromatic carbocycles. The second-order valence-electron chi connectivity index (χ2n) is 5.94. The first-order valence-electron chi connectivity index (χ1n) is 7.97. The Kier molecular flexibility index (Phi) is 8.09. The van der Waals surface area contributed by atoms with E-state index in [2.05, 4.69) is 13.8 Å². The molecule has 0 N–H and O–H groups in total. The third-order valence-electron chi connectivity index (χ3n) is 3.69. The molecule has 1 unspecified atom stereocenters. The van der Waals surface area contributed by atoms with Gasteiger partial charge in [-0.25, -0.2) is 4.79 Å². The van der Waals surface area contributed by atoms with Crippen LogP contribution in [0.15, 0.2) is 42.2 Å². The van der Waals surface area contributed by atoms with Gasteiger partial charge in [0.05, 0.1) is 12.2 Å². The summed E-state index contributed by atoms with van der Waals surface area (Å²) in [6.45, 7) is 7.82. The average molecular weight is 318 g/mol. The van der Waals surface area contributed by atoms with Crippen LogP contribution in [0.1, 0.15) is 50.9 Å². The molecular weight excluding hydrogens is 292 g/mol. The van der Waals surface area contributed by atoms with Gasteiger partial charge in [0.1, 0.15) is 5.76 Å². The van der Waals surface area contributed by atoms with E-state index in [1.165, 1.54) is 6.92 Å². The molecular formula is C19H26O4. The first-order chi connectivity index (χ1) is 10.9. The van der Waals surface area contributed by atoms with E-state index in [0.717, 1.165) is 12.8 Å². The molecule has 0 fully saturated rings. The van der Waals surface area contributed by atoms with Gasteiger partial charge < -0.3 is 9.47 Å². The zero-order chi connectivity index (χ0) is 17.2. The molecule has 0 aromatic heterocycles. The number of rotatable bonds is 8. The van der Waals surface area contributed by atoms with Gasteiger partial charge in [0.2, 0.25) is 0 Å². The SMILES string of the molecule is CC(=O)O/C(C)=C/CC(CCOC(=O)c1ccccc1)C(C)C. The normalized spacial score (nSPS) is 12.8. The Morgan fingerprint density at radius 1 is 1.13 bits per heavy atom.